The quantitative estimate of drug-likeness (QED) is 0.655. The maximum Gasteiger partial charge on any atom is 0.255 e. The topological polar surface area (TPSA) is 93.1 Å². The number of nitrogens with one attached hydrogen (secondary N) is 2. The van der Waals surface area contributed by atoms with Gasteiger partial charge in [-0.1, -0.05) is 6.92 Å². The van der Waals surface area contributed by atoms with Crippen LogP contribution in [0.15, 0.2) is 71.9 Å². The first-order valence-electron chi connectivity index (χ1n) is 8.51. The molecule has 0 spiro atoms. The van der Waals surface area contributed by atoms with Crippen molar-refractivity contribution in [1.82, 2.24) is 14.5 Å². The molecule has 0 saturated heterocycles. The van der Waals surface area contributed by atoms with Crippen LogP contribution in [-0.4, -0.2) is 30.7 Å². The average molecular weight is 384 g/mol. The van der Waals surface area contributed by atoms with E-state index in [1.165, 1.54) is 12.1 Å². The Labute approximate surface area is 158 Å². The van der Waals surface area contributed by atoms with Gasteiger partial charge in [0.25, 0.3) is 5.91 Å². The summed E-state index contributed by atoms with van der Waals surface area (Å²) in [6.45, 7) is 2.28. The van der Waals surface area contributed by atoms with Crippen LogP contribution < -0.4 is 10.0 Å². The van der Waals surface area contributed by atoms with Crippen molar-refractivity contribution in [3.05, 3.63) is 72.6 Å². The van der Waals surface area contributed by atoms with Crippen molar-refractivity contribution in [3.8, 4) is 5.69 Å². The maximum absolute atomic E-state index is 12.4. The largest absolute Gasteiger partial charge is 0.322 e. The summed E-state index contributed by atoms with van der Waals surface area (Å²) < 4.78 is 28.3. The molecule has 1 amide bonds. The summed E-state index contributed by atoms with van der Waals surface area (Å²) in [5.74, 6) is -0.276. The second-order valence-corrected chi connectivity index (χ2v) is 7.64. The molecule has 3 rings (SSSR count). The van der Waals surface area contributed by atoms with E-state index in [-0.39, 0.29) is 10.8 Å². The Morgan fingerprint density at radius 2 is 1.78 bits per heavy atom. The van der Waals surface area contributed by atoms with E-state index in [1.54, 1.807) is 47.3 Å². The van der Waals surface area contributed by atoms with E-state index in [9.17, 15) is 13.2 Å². The van der Waals surface area contributed by atoms with Crippen molar-refractivity contribution in [2.24, 2.45) is 0 Å². The first-order valence-corrected chi connectivity index (χ1v) is 9.99. The number of nitrogens with zero attached hydrogens (tertiary/aromatic N) is 2. The van der Waals surface area contributed by atoms with Gasteiger partial charge in [0.15, 0.2) is 0 Å². The first-order chi connectivity index (χ1) is 13.0. The minimum atomic E-state index is -3.52. The van der Waals surface area contributed by atoms with Crippen LogP contribution in [0, 0.1) is 0 Å². The summed E-state index contributed by atoms with van der Waals surface area (Å²) in [6, 6.07) is 14.9. The Balaban J connectivity index is 1.67. The minimum Gasteiger partial charge on any atom is -0.322 e. The van der Waals surface area contributed by atoms with E-state index in [0.29, 0.717) is 24.2 Å². The van der Waals surface area contributed by atoms with Gasteiger partial charge < -0.3 is 5.32 Å². The van der Waals surface area contributed by atoms with Crippen molar-refractivity contribution >= 4 is 21.6 Å². The van der Waals surface area contributed by atoms with Crippen LogP contribution in [0.1, 0.15) is 23.7 Å². The zero-order valence-electron chi connectivity index (χ0n) is 14.8. The predicted octanol–water partition coefficient (Wildman–Crippen LogP) is 2.81. The minimum absolute atomic E-state index is 0.164. The Bertz CT molecular complexity index is 996. The fourth-order valence-electron chi connectivity index (χ4n) is 2.43. The summed E-state index contributed by atoms with van der Waals surface area (Å²) in [5.41, 5.74) is 1.86. The molecule has 0 bridgehead atoms. The van der Waals surface area contributed by atoms with E-state index >= 15 is 0 Å². The second-order valence-electron chi connectivity index (χ2n) is 5.87. The summed E-state index contributed by atoms with van der Waals surface area (Å²) in [4.78, 5) is 12.5. The zero-order valence-corrected chi connectivity index (χ0v) is 15.6. The van der Waals surface area contributed by atoms with Gasteiger partial charge in [-0.25, -0.2) is 17.8 Å². The molecule has 0 aliphatic heterocycles. The average Bonchev–Trinajstić information content (AvgIpc) is 3.22. The number of aromatic nitrogens is 2. The molecule has 140 valence electrons. The van der Waals surface area contributed by atoms with Gasteiger partial charge in [0, 0.05) is 30.2 Å². The van der Waals surface area contributed by atoms with Crippen LogP contribution in [-0.2, 0) is 10.0 Å². The fourth-order valence-corrected chi connectivity index (χ4v) is 3.56. The van der Waals surface area contributed by atoms with Crippen LogP contribution >= 0.6 is 0 Å². The van der Waals surface area contributed by atoms with E-state index in [4.69, 9.17) is 0 Å². The molecule has 0 aliphatic carbocycles. The Hall–Kier alpha value is -2.97. The smallest absolute Gasteiger partial charge is 0.255 e. The summed E-state index contributed by atoms with van der Waals surface area (Å²) in [6.07, 6.45) is 4.22. The van der Waals surface area contributed by atoms with E-state index in [2.05, 4.69) is 15.1 Å². The summed E-state index contributed by atoms with van der Waals surface area (Å²) in [5, 5.41) is 6.89. The molecule has 1 aromatic heterocycles. The van der Waals surface area contributed by atoms with Gasteiger partial charge in [0.05, 0.1) is 10.6 Å². The number of carbonyl (C=O) groups is 1. The van der Waals surface area contributed by atoms with Crippen molar-refractivity contribution in [3.63, 3.8) is 0 Å². The van der Waals surface area contributed by atoms with Gasteiger partial charge in [-0.2, -0.15) is 5.10 Å². The number of benzene rings is 2. The molecule has 0 radical (unpaired) electrons. The molecule has 7 nitrogen and oxygen atoms in total. The first kappa shape index (κ1) is 18.8. The maximum atomic E-state index is 12.4. The molecular weight excluding hydrogens is 364 g/mol. The number of hydrogen-bond acceptors (Lipinski definition) is 4. The monoisotopic (exact) mass is 384 g/mol. The van der Waals surface area contributed by atoms with Crippen molar-refractivity contribution in [1.29, 1.82) is 0 Å². The van der Waals surface area contributed by atoms with Crippen molar-refractivity contribution in [2.75, 3.05) is 11.9 Å². The highest BCUT2D eigenvalue weighted by molar-refractivity contribution is 7.89. The van der Waals surface area contributed by atoms with Crippen LogP contribution in [0.5, 0.6) is 0 Å². The molecule has 0 unspecified atom stereocenters. The van der Waals surface area contributed by atoms with Crippen molar-refractivity contribution < 1.29 is 13.2 Å². The summed E-state index contributed by atoms with van der Waals surface area (Å²) in [7, 11) is -3.52. The molecule has 0 saturated carbocycles. The Morgan fingerprint density at radius 3 is 2.37 bits per heavy atom. The normalized spacial score (nSPS) is 11.3. The lowest BCUT2D eigenvalue weighted by atomic mass is 10.2. The van der Waals surface area contributed by atoms with E-state index in [1.807, 2.05) is 19.2 Å². The SMILES string of the molecule is CCCNS(=O)(=O)c1ccc(NC(=O)c2ccc(-n3cccn3)cc2)cc1. The van der Waals surface area contributed by atoms with E-state index < -0.39 is 10.0 Å². The molecule has 3 aromatic rings. The highest BCUT2D eigenvalue weighted by Gasteiger charge is 2.13. The molecule has 2 N–H and O–H groups in total. The summed E-state index contributed by atoms with van der Waals surface area (Å²) >= 11 is 0. The van der Waals surface area contributed by atoms with Crippen LogP contribution in [0.2, 0.25) is 0 Å². The third-order valence-corrected chi connectivity index (χ3v) is 5.34. The predicted molar refractivity (Wildman–Crippen MR) is 103 cm³/mol. The van der Waals surface area contributed by atoms with Gasteiger partial charge in [-0.15, -0.1) is 0 Å². The number of anilines is 1. The third kappa shape index (κ3) is 4.60. The van der Waals surface area contributed by atoms with Gasteiger partial charge in [-0.05, 0) is 61.0 Å². The molecule has 0 aliphatic rings. The lowest BCUT2D eigenvalue weighted by molar-refractivity contribution is 0.102. The molecule has 0 atom stereocenters. The highest BCUT2D eigenvalue weighted by atomic mass is 32.2. The highest BCUT2D eigenvalue weighted by Crippen LogP contribution is 2.16. The Morgan fingerprint density at radius 1 is 1.07 bits per heavy atom. The molecule has 2 aromatic carbocycles. The molecule has 0 fully saturated rings. The third-order valence-electron chi connectivity index (χ3n) is 3.86. The van der Waals surface area contributed by atoms with Crippen LogP contribution in [0.4, 0.5) is 5.69 Å². The van der Waals surface area contributed by atoms with Gasteiger partial charge in [0.2, 0.25) is 10.0 Å². The lowest BCUT2D eigenvalue weighted by Crippen LogP contribution is -2.24. The molecule has 8 heteroatoms. The van der Waals surface area contributed by atoms with Gasteiger partial charge >= 0.3 is 0 Å². The standard InChI is InChI=1S/C19H20N4O3S/c1-2-12-21-27(25,26)18-10-6-16(7-11-18)22-19(24)15-4-8-17(9-5-15)23-14-3-13-20-23/h3-11,13-14,21H,2,12H2,1H3,(H,22,24). The molecular formula is C19H20N4O3S. The second kappa shape index (κ2) is 8.15. The van der Waals surface area contributed by atoms with Gasteiger partial charge in [0.1, 0.15) is 0 Å². The Kier molecular flexibility index (Phi) is 5.68. The van der Waals surface area contributed by atoms with Gasteiger partial charge in [-0.3, -0.25) is 4.79 Å². The van der Waals surface area contributed by atoms with Crippen LogP contribution in [0.25, 0.3) is 5.69 Å². The van der Waals surface area contributed by atoms with Crippen molar-refractivity contribution in [2.45, 2.75) is 18.2 Å². The van der Waals surface area contributed by atoms with Crippen LogP contribution in [0.3, 0.4) is 0 Å². The number of hydrogen-bond donors (Lipinski definition) is 2. The zero-order chi connectivity index (χ0) is 19.3. The number of sulfonamides is 1. The number of rotatable bonds is 7. The van der Waals surface area contributed by atoms with E-state index in [0.717, 1.165) is 5.69 Å². The number of amides is 1. The molecule has 27 heavy (non-hydrogen) atoms. The number of carbonyl (C=O) groups excluding carboxylic acids is 1. The lowest BCUT2D eigenvalue weighted by Gasteiger charge is -2.09. The fraction of sp³-hybridized carbons (Fsp3) is 0.158. The molecule has 1 heterocycles.